The molecule has 2 amide bonds. The van der Waals surface area contributed by atoms with E-state index < -0.39 is 6.04 Å². The SMILES string of the molecule is CNC(=O)[C@@H](Cc1ccccc1)N(Cc1ccc(F)cc1)C(C)=O. The van der Waals surface area contributed by atoms with Gasteiger partial charge >= 0.3 is 0 Å². The highest BCUT2D eigenvalue weighted by molar-refractivity contribution is 5.87. The molecule has 0 saturated carbocycles. The molecule has 0 spiro atoms. The fraction of sp³-hybridized carbons (Fsp3) is 0.263. The van der Waals surface area contributed by atoms with Gasteiger partial charge in [0.25, 0.3) is 0 Å². The van der Waals surface area contributed by atoms with E-state index in [0.717, 1.165) is 11.1 Å². The van der Waals surface area contributed by atoms with Crippen molar-refractivity contribution < 1.29 is 14.0 Å². The van der Waals surface area contributed by atoms with Gasteiger partial charge in [-0.1, -0.05) is 42.5 Å². The second kappa shape index (κ2) is 8.24. The number of nitrogens with one attached hydrogen (secondary N) is 1. The lowest BCUT2D eigenvalue weighted by molar-refractivity contribution is -0.139. The van der Waals surface area contributed by atoms with Crippen LogP contribution in [0.15, 0.2) is 54.6 Å². The largest absolute Gasteiger partial charge is 0.357 e. The van der Waals surface area contributed by atoms with E-state index in [1.807, 2.05) is 30.3 Å². The molecule has 126 valence electrons. The second-order valence-electron chi connectivity index (χ2n) is 5.59. The summed E-state index contributed by atoms with van der Waals surface area (Å²) in [5.41, 5.74) is 1.74. The third-order valence-electron chi connectivity index (χ3n) is 3.87. The summed E-state index contributed by atoms with van der Waals surface area (Å²) in [6, 6.07) is 14.9. The molecular formula is C19H21FN2O2. The van der Waals surface area contributed by atoms with Crippen LogP contribution in [0.2, 0.25) is 0 Å². The molecule has 0 heterocycles. The molecule has 2 aromatic carbocycles. The molecule has 0 fully saturated rings. The van der Waals surface area contributed by atoms with Crippen LogP contribution in [0.5, 0.6) is 0 Å². The summed E-state index contributed by atoms with van der Waals surface area (Å²) in [5.74, 6) is -0.764. The first-order valence-electron chi connectivity index (χ1n) is 7.78. The van der Waals surface area contributed by atoms with Gasteiger partial charge in [-0.3, -0.25) is 9.59 Å². The maximum atomic E-state index is 13.1. The zero-order valence-electron chi connectivity index (χ0n) is 13.8. The van der Waals surface area contributed by atoms with Gasteiger partial charge in [0, 0.05) is 26.9 Å². The fourth-order valence-corrected chi connectivity index (χ4v) is 2.58. The van der Waals surface area contributed by atoms with E-state index >= 15 is 0 Å². The van der Waals surface area contributed by atoms with Crippen molar-refractivity contribution in [3.05, 3.63) is 71.5 Å². The lowest BCUT2D eigenvalue weighted by Crippen LogP contribution is -2.49. The molecule has 0 unspecified atom stereocenters. The lowest BCUT2D eigenvalue weighted by Gasteiger charge is -2.30. The lowest BCUT2D eigenvalue weighted by atomic mass is 10.0. The predicted molar refractivity (Wildman–Crippen MR) is 90.6 cm³/mol. The van der Waals surface area contributed by atoms with Gasteiger partial charge < -0.3 is 10.2 Å². The molecule has 0 aliphatic carbocycles. The van der Waals surface area contributed by atoms with Gasteiger partial charge in [0.15, 0.2) is 0 Å². The average molecular weight is 328 g/mol. The zero-order chi connectivity index (χ0) is 17.5. The number of hydrogen-bond donors (Lipinski definition) is 1. The molecule has 5 heteroatoms. The van der Waals surface area contributed by atoms with Crippen molar-refractivity contribution in [2.75, 3.05) is 7.05 Å². The summed E-state index contributed by atoms with van der Waals surface area (Å²) in [6.45, 7) is 1.69. The number of carbonyl (C=O) groups is 2. The van der Waals surface area contributed by atoms with E-state index in [2.05, 4.69) is 5.32 Å². The van der Waals surface area contributed by atoms with E-state index in [4.69, 9.17) is 0 Å². The van der Waals surface area contributed by atoms with Crippen molar-refractivity contribution >= 4 is 11.8 Å². The van der Waals surface area contributed by atoms with Crippen molar-refractivity contribution in [1.82, 2.24) is 10.2 Å². The van der Waals surface area contributed by atoms with Crippen molar-refractivity contribution in [3.8, 4) is 0 Å². The van der Waals surface area contributed by atoms with E-state index in [1.165, 1.54) is 24.0 Å². The van der Waals surface area contributed by atoms with Gasteiger partial charge in [-0.05, 0) is 23.3 Å². The van der Waals surface area contributed by atoms with E-state index in [1.54, 1.807) is 19.2 Å². The number of nitrogens with zero attached hydrogens (tertiary/aromatic N) is 1. The molecule has 2 rings (SSSR count). The molecule has 24 heavy (non-hydrogen) atoms. The number of likely N-dealkylation sites (N-methyl/N-ethyl adjacent to an activating group) is 1. The van der Waals surface area contributed by atoms with E-state index in [9.17, 15) is 14.0 Å². The molecule has 1 atom stereocenters. The summed E-state index contributed by atoms with van der Waals surface area (Å²) < 4.78 is 13.1. The highest BCUT2D eigenvalue weighted by atomic mass is 19.1. The molecule has 0 saturated heterocycles. The molecule has 0 bridgehead atoms. The third-order valence-corrected chi connectivity index (χ3v) is 3.87. The topological polar surface area (TPSA) is 49.4 Å². The Balaban J connectivity index is 2.26. The van der Waals surface area contributed by atoms with Gasteiger partial charge in [-0.15, -0.1) is 0 Å². The van der Waals surface area contributed by atoms with Gasteiger partial charge in [0.05, 0.1) is 0 Å². The van der Waals surface area contributed by atoms with E-state index in [0.29, 0.717) is 6.42 Å². The Morgan fingerprint density at radius 2 is 1.67 bits per heavy atom. The Labute approximate surface area is 141 Å². The number of amides is 2. The fourth-order valence-electron chi connectivity index (χ4n) is 2.58. The summed E-state index contributed by atoms with van der Waals surface area (Å²) in [4.78, 5) is 26.0. The minimum Gasteiger partial charge on any atom is -0.357 e. The molecule has 1 N–H and O–H groups in total. The third kappa shape index (κ3) is 4.65. The van der Waals surface area contributed by atoms with E-state index in [-0.39, 0.29) is 24.2 Å². The van der Waals surface area contributed by atoms with Gasteiger partial charge in [-0.2, -0.15) is 0 Å². The molecular weight excluding hydrogens is 307 g/mol. The molecule has 0 aliphatic heterocycles. The Kier molecular flexibility index (Phi) is 6.07. The summed E-state index contributed by atoms with van der Waals surface area (Å²) in [5, 5.41) is 2.62. The van der Waals surface area contributed by atoms with Crippen LogP contribution >= 0.6 is 0 Å². The molecule has 0 aliphatic rings. The number of rotatable bonds is 6. The van der Waals surface area contributed by atoms with Crippen LogP contribution in [0.1, 0.15) is 18.1 Å². The second-order valence-corrected chi connectivity index (χ2v) is 5.59. The van der Waals surface area contributed by atoms with Crippen LogP contribution in [0.3, 0.4) is 0 Å². The standard InChI is InChI=1S/C19H21FN2O2/c1-14(23)22(13-16-8-10-17(20)11-9-16)18(19(24)21-2)12-15-6-4-3-5-7-15/h3-11,18H,12-13H2,1-2H3,(H,21,24)/t18-/m1/s1. The highest BCUT2D eigenvalue weighted by Crippen LogP contribution is 2.15. The van der Waals surface area contributed by atoms with Crippen molar-refractivity contribution in [2.24, 2.45) is 0 Å². The average Bonchev–Trinajstić information content (AvgIpc) is 2.59. The normalized spacial score (nSPS) is 11.6. The molecule has 2 aromatic rings. The van der Waals surface area contributed by atoms with Crippen LogP contribution in [0, 0.1) is 5.82 Å². The number of halogens is 1. The number of benzene rings is 2. The number of carbonyl (C=O) groups excluding carboxylic acids is 2. The predicted octanol–water partition coefficient (Wildman–Crippen LogP) is 2.53. The molecule has 0 radical (unpaired) electrons. The molecule has 0 aromatic heterocycles. The monoisotopic (exact) mass is 328 g/mol. The van der Waals surface area contributed by atoms with Crippen LogP contribution < -0.4 is 5.32 Å². The Hall–Kier alpha value is -2.69. The first kappa shape index (κ1) is 17.7. The van der Waals surface area contributed by atoms with Gasteiger partial charge in [0.2, 0.25) is 11.8 Å². The minimum atomic E-state index is -0.625. The summed E-state index contributed by atoms with van der Waals surface area (Å²) in [7, 11) is 1.55. The van der Waals surface area contributed by atoms with Gasteiger partial charge in [0.1, 0.15) is 11.9 Å². The first-order chi connectivity index (χ1) is 11.5. The summed E-state index contributed by atoms with van der Waals surface area (Å²) >= 11 is 0. The van der Waals surface area contributed by atoms with Crippen LogP contribution in [-0.2, 0) is 22.6 Å². The highest BCUT2D eigenvalue weighted by Gasteiger charge is 2.27. The van der Waals surface area contributed by atoms with Gasteiger partial charge in [-0.25, -0.2) is 4.39 Å². The molecule has 4 nitrogen and oxygen atoms in total. The maximum Gasteiger partial charge on any atom is 0.242 e. The quantitative estimate of drug-likeness (QED) is 0.886. The maximum absolute atomic E-state index is 13.1. The van der Waals surface area contributed by atoms with Crippen molar-refractivity contribution in [2.45, 2.75) is 25.9 Å². The first-order valence-corrected chi connectivity index (χ1v) is 7.78. The number of hydrogen-bond acceptors (Lipinski definition) is 2. The minimum absolute atomic E-state index is 0.205. The van der Waals surface area contributed by atoms with Crippen LogP contribution in [0.25, 0.3) is 0 Å². The van der Waals surface area contributed by atoms with Crippen molar-refractivity contribution in [3.63, 3.8) is 0 Å². The van der Waals surface area contributed by atoms with Crippen LogP contribution in [-0.4, -0.2) is 29.8 Å². The Morgan fingerprint density at radius 1 is 1.04 bits per heavy atom. The Morgan fingerprint density at radius 3 is 2.21 bits per heavy atom. The Bertz CT molecular complexity index is 686. The zero-order valence-corrected chi connectivity index (χ0v) is 13.8. The van der Waals surface area contributed by atoms with Crippen LogP contribution in [0.4, 0.5) is 4.39 Å². The van der Waals surface area contributed by atoms with Crippen molar-refractivity contribution in [1.29, 1.82) is 0 Å². The summed E-state index contributed by atoms with van der Waals surface area (Å²) in [6.07, 6.45) is 0.418. The smallest absolute Gasteiger partial charge is 0.242 e.